The van der Waals surface area contributed by atoms with Crippen LogP contribution in [0.5, 0.6) is 17.2 Å². The van der Waals surface area contributed by atoms with Gasteiger partial charge in [0.25, 0.3) is 5.91 Å². The van der Waals surface area contributed by atoms with Gasteiger partial charge in [0.15, 0.2) is 11.5 Å². The molecule has 0 radical (unpaired) electrons. The van der Waals surface area contributed by atoms with Crippen LogP contribution < -0.4 is 24.8 Å². The summed E-state index contributed by atoms with van der Waals surface area (Å²) in [6, 6.07) is 10.4. The van der Waals surface area contributed by atoms with Gasteiger partial charge in [-0.2, -0.15) is 0 Å². The topological polar surface area (TPSA) is 106 Å². The van der Waals surface area contributed by atoms with Crippen molar-refractivity contribution in [1.82, 2.24) is 10.2 Å². The Morgan fingerprint density at radius 2 is 1.52 bits per heavy atom. The Kier molecular flexibility index (Phi) is 9.53. The molecule has 0 aliphatic carbocycles. The van der Waals surface area contributed by atoms with Crippen molar-refractivity contribution < 1.29 is 28.6 Å². The summed E-state index contributed by atoms with van der Waals surface area (Å²) in [7, 11) is 4.40. The first-order valence-electron chi connectivity index (χ1n) is 10.5. The maximum Gasteiger partial charge on any atom is 0.254 e. The Bertz CT molecular complexity index is 950. The van der Waals surface area contributed by atoms with Gasteiger partial charge in [0.1, 0.15) is 0 Å². The van der Waals surface area contributed by atoms with E-state index in [0.29, 0.717) is 41.5 Å². The van der Waals surface area contributed by atoms with Crippen LogP contribution in [0.25, 0.3) is 0 Å². The smallest absolute Gasteiger partial charge is 0.254 e. The second-order valence-electron chi connectivity index (χ2n) is 7.33. The number of amides is 3. The van der Waals surface area contributed by atoms with Crippen molar-refractivity contribution in [2.45, 2.75) is 20.3 Å². The van der Waals surface area contributed by atoms with Crippen LogP contribution in [0.15, 0.2) is 36.4 Å². The molecule has 0 bridgehead atoms. The molecule has 0 atom stereocenters. The Morgan fingerprint density at radius 3 is 2.03 bits per heavy atom. The molecule has 9 nitrogen and oxygen atoms in total. The van der Waals surface area contributed by atoms with E-state index in [4.69, 9.17) is 14.2 Å². The van der Waals surface area contributed by atoms with E-state index in [0.717, 1.165) is 5.56 Å². The number of hydrogen-bond acceptors (Lipinski definition) is 6. The third-order valence-electron chi connectivity index (χ3n) is 4.81. The molecule has 0 spiro atoms. The summed E-state index contributed by atoms with van der Waals surface area (Å²) in [5.74, 6) is -0.109. The van der Waals surface area contributed by atoms with Crippen LogP contribution in [0.3, 0.4) is 0 Å². The maximum absolute atomic E-state index is 13.1. The second-order valence-corrected chi connectivity index (χ2v) is 7.33. The van der Waals surface area contributed by atoms with Crippen LogP contribution in [0.1, 0.15) is 29.3 Å². The minimum absolute atomic E-state index is 0.193. The van der Waals surface area contributed by atoms with Gasteiger partial charge in [-0.05, 0) is 37.6 Å². The predicted octanol–water partition coefficient (Wildman–Crippen LogP) is 2.63. The fourth-order valence-corrected chi connectivity index (χ4v) is 3.16. The molecule has 2 rings (SSSR count). The number of nitrogens with one attached hydrogen (secondary N) is 2. The third-order valence-corrected chi connectivity index (χ3v) is 4.81. The van der Waals surface area contributed by atoms with Crippen molar-refractivity contribution in [2.24, 2.45) is 0 Å². The van der Waals surface area contributed by atoms with Crippen LogP contribution in [-0.4, -0.2) is 63.6 Å². The van der Waals surface area contributed by atoms with E-state index >= 15 is 0 Å². The van der Waals surface area contributed by atoms with E-state index < -0.39 is 5.91 Å². The number of carbonyl (C=O) groups is 3. The minimum Gasteiger partial charge on any atom is -0.493 e. The van der Waals surface area contributed by atoms with Gasteiger partial charge in [-0.3, -0.25) is 14.4 Å². The molecular formula is C24H31N3O6. The fraction of sp³-hybridized carbons (Fsp3) is 0.375. The molecule has 9 heteroatoms. The Balaban J connectivity index is 2.04. The molecule has 2 aromatic carbocycles. The van der Waals surface area contributed by atoms with Crippen molar-refractivity contribution in [3.63, 3.8) is 0 Å². The molecule has 2 N–H and O–H groups in total. The SMILES string of the molecule is CCCN(CC(=O)NCC(=O)Nc1ccc(C)cc1)C(=O)c1cc(OC)c(OC)c(OC)c1. The number of anilines is 1. The lowest BCUT2D eigenvalue weighted by Gasteiger charge is -2.22. The largest absolute Gasteiger partial charge is 0.493 e. The minimum atomic E-state index is -0.441. The third kappa shape index (κ3) is 7.13. The molecule has 0 heterocycles. The maximum atomic E-state index is 13.1. The molecule has 0 aromatic heterocycles. The van der Waals surface area contributed by atoms with Crippen molar-refractivity contribution >= 4 is 23.4 Å². The second kappa shape index (κ2) is 12.3. The first kappa shape index (κ1) is 25.5. The van der Waals surface area contributed by atoms with Gasteiger partial charge >= 0.3 is 0 Å². The summed E-state index contributed by atoms with van der Waals surface area (Å²) in [6.07, 6.45) is 0.650. The van der Waals surface area contributed by atoms with E-state index in [2.05, 4.69) is 10.6 Å². The first-order chi connectivity index (χ1) is 15.8. The lowest BCUT2D eigenvalue weighted by Crippen LogP contribution is -2.43. The summed E-state index contributed by atoms with van der Waals surface area (Å²) in [6.45, 7) is 3.82. The van der Waals surface area contributed by atoms with Crippen molar-refractivity contribution in [3.05, 3.63) is 47.5 Å². The lowest BCUT2D eigenvalue weighted by atomic mass is 10.1. The van der Waals surface area contributed by atoms with Gasteiger partial charge < -0.3 is 29.7 Å². The predicted molar refractivity (Wildman–Crippen MR) is 125 cm³/mol. The van der Waals surface area contributed by atoms with Crippen LogP contribution in [-0.2, 0) is 9.59 Å². The summed E-state index contributed by atoms with van der Waals surface area (Å²) < 4.78 is 15.9. The molecule has 3 amide bonds. The van der Waals surface area contributed by atoms with Gasteiger partial charge in [0.2, 0.25) is 17.6 Å². The molecule has 0 saturated heterocycles. The standard InChI is InChI=1S/C24H31N3O6/c1-6-11-27(24(30)17-12-19(31-3)23(33-5)20(13-17)32-4)15-22(29)25-14-21(28)26-18-9-7-16(2)8-10-18/h7-10,12-13H,6,11,14-15H2,1-5H3,(H,25,29)(H,26,28). The molecule has 2 aromatic rings. The van der Waals surface area contributed by atoms with Crippen molar-refractivity contribution in [2.75, 3.05) is 46.3 Å². The highest BCUT2D eigenvalue weighted by Crippen LogP contribution is 2.38. The first-order valence-corrected chi connectivity index (χ1v) is 10.5. The summed E-state index contributed by atoms with van der Waals surface area (Å²) in [5.41, 5.74) is 2.02. The number of hydrogen-bond donors (Lipinski definition) is 2. The normalized spacial score (nSPS) is 10.2. The summed E-state index contributed by atoms with van der Waals surface area (Å²) in [4.78, 5) is 39.1. The molecule has 0 aliphatic rings. The van der Waals surface area contributed by atoms with E-state index in [9.17, 15) is 14.4 Å². The zero-order chi connectivity index (χ0) is 24.4. The van der Waals surface area contributed by atoms with Crippen molar-refractivity contribution in [3.8, 4) is 17.2 Å². The van der Waals surface area contributed by atoms with Crippen LogP contribution >= 0.6 is 0 Å². The van der Waals surface area contributed by atoms with Crippen LogP contribution in [0.4, 0.5) is 5.69 Å². The number of benzene rings is 2. The molecule has 0 aliphatic heterocycles. The van der Waals surface area contributed by atoms with Crippen LogP contribution in [0.2, 0.25) is 0 Å². The zero-order valence-electron chi connectivity index (χ0n) is 19.7. The van der Waals surface area contributed by atoms with E-state index in [1.165, 1.54) is 26.2 Å². The number of aryl methyl sites for hydroxylation is 1. The Morgan fingerprint density at radius 1 is 0.909 bits per heavy atom. The molecule has 0 fully saturated rings. The number of nitrogens with zero attached hydrogens (tertiary/aromatic N) is 1. The van der Waals surface area contributed by atoms with Gasteiger partial charge in [-0.1, -0.05) is 24.6 Å². The average Bonchev–Trinajstić information content (AvgIpc) is 2.82. The molecule has 33 heavy (non-hydrogen) atoms. The molecule has 178 valence electrons. The highest BCUT2D eigenvalue weighted by Gasteiger charge is 2.22. The highest BCUT2D eigenvalue weighted by atomic mass is 16.5. The molecule has 0 saturated carbocycles. The van der Waals surface area contributed by atoms with E-state index in [1.807, 2.05) is 26.0 Å². The van der Waals surface area contributed by atoms with Gasteiger partial charge in [0, 0.05) is 17.8 Å². The number of rotatable bonds is 11. The Labute approximate surface area is 194 Å². The molecule has 0 unspecified atom stereocenters. The number of methoxy groups -OCH3 is 3. The monoisotopic (exact) mass is 457 g/mol. The lowest BCUT2D eigenvalue weighted by molar-refractivity contribution is -0.124. The van der Waals surface area contributed by atoms with E-state index in [-0.39, 0.29) is 24.9 Å². The quantitative estimate of drug-likeness (QED) is 0.537. The van der Waals surface area contributed by atoms with Gasteiger partial charge in [0.05, 0.1) is 34.4 Å². The fourth-order valence-electron chi connectivity index (χ4n) is 3.16. The molecular weight excluding hydrogens is 426 g/mol. The number of ether oxygens (including phenoxy) is 3. The highest BCUT2D eigenvalue weighted by molar-refractivity contribution is 5.99. The van der Waals surface area contributed by atoms with Crippen molar-refractivity contribution in [1.29, 1.82) is 0 Å². The average molecular weight is 458 g/mol. The summed E-state index contributed by atoms with van der Waals surface area (Å²) >= 11 is 0. The summed E-state index contributed by atoms with van der Waals surface area (Å²) in [5, 5.41) is 5.27. The van der Waals surface area contributed by atoms with E-state index in [1.54, 1.807) is 24.3 Å². The Hall–Kier alpha value is -3.75. The zero-order valence-corrected chi connectivity index (χ0v) is 19.7. The van der Waals surface area contributed by atoms with Gasteiger partial charge in [-0.25, -0.2) is 0 Å². The van der Waals surface area contributed by atoms with Gasteiger partial charge in [-0.15, -0.1) is 0 Å². The number of carbonyl (C=O) groups excluding carboxylic acids is 3. The van der Waals surface area contributed by atoms with Crippen LogP contribution in [0, 0.1) is 6.92 Å².